The Hall–Kier alpha value is -0.570. The van der Waals surface area contributed by atoms with Gasteiger partial charge in [-0.1, -0.05) is 75.7 Å². The number of ether oxygens (including phenoxy) is 1. The molecule has 0 heterocycles. The number of rotatable bonds is 5. The van der Waals surface area contributed by atoms with Crippen LogP contribution >= 0.6 is 0 Å². The minimum Gasteiger partial charge on any atom is -0.469 e. The lowest BCUT2D eigenvalue weighted by Gasteiger charge is -2.61. The molecule has 8 atom stereocenters. The number of carbonyl (C=O) groups is 1. The van der Waals surface area contributed by atoms with E-state index in [4.69, 9.17) is 4.74 Å². The monoisotopic (exact) mass is 511 g/mol. The van der Waals surface area contributed by atoms with Gasteiger partial charge in [0, 0.05) is 6.42 Å². The average molecular weight is 511 g/mol. The Bertz CT molecular complexity index is 575. The number of carbonyl (C=O) groups excluding carboxylic acids is 1. The van der Waals surface area contributed by atoms with Gasteiger partial charge in [-0.25, -0.2) is 0 Å². The first-order valence-electron chi connectivity index (χ1n) is 16.1. The third-order valence-electron chi connectivity index (χ3n) is 10.2. The Morgan fingerprint density at radius 1 is 0.778 bits per heavy atom. The molecule has 0 spiro atoms. The van der Waals surface area contributed by atoms with Crippen molar-refractivity contribution in [1.82, 2.24) is 0 Å². The van der Waals surface area contributed by atoms with E-state index < -0.39 is 0 Å². The van der Waals surface area contributed by atoms with Crippen LogP contribution in [0.5, 0.6) is 0 Å². The van der Waals surface area contributed by atoms with Gasteiger partial charge in [0.05, 0.1) is 13.2 Å². The number of unbranched alkanes of at least 4 members (excludes halogenated alkanes) is 1. The molecular formula is C33H66O3. The first-order valence-corrected chi connectivity index (χ1v) is 16.1. The smallest absolute Gasteiger partial charge is 0.305 e. The van der Waals surface area contributed by atoms with Crippen LogP contribution in [-0.4, -0.2) is 24.3 Å². The Morgan fingerprint density at radius 2 is 1.36 bits per heavy atom. The molecule has 0 aromatic carbocycles. The molecule has 0 saturated heterocycles. The predicted molar refractivity (Wildman–Crippen MR) is 157 cm³/mol. The summed E-state index contributed by atoms with van der Waals surface area (Å²) in [7, 11) is 1.49. The zero-order valence-corrected chi connectivity index (χ0v) is 26.4. The van der Waals surface area contributed by atoms with Crippen molar-refractivity contribution < 1.29 is 14.6 Å². The molecule has 4 aliphatic carbocycles. The summed E-state index contributed by atoms with van der Waals surface area (Å²) in [5, 5.41) is 10.2. The quantitative estimate of drug-likeness (QED) is 0.296. The van der Waals surface area contributed by atoms with Crippen LogP contribution in [-0.2, 0) is 9.53 Å². The third kappa shape index (κ3) is 7.97. The zero-order chi connectivity index (χ0) is 27.9. The number of aliphatic hydroxyl groups is 1. The van der Waals surface area contributed by atoms with Crippen molar-refractivity contribution in [2.75, 3.05) is 7.11 Å². The predicted octanol–water partition coefficient (Wildman–Crippen LogP) is 9.84. The maximum atomic E-state index is 11.4. The summed E-state index contributed by atoms with van der Waals surface area (Å²) < 4.78 is 4.79. The highest BCUT2D eigenvalue weighted by atomic mass is 16.5. The molecule has 4 fully saturated rings. The number of esters is 1. The van der Waals surface area contributed by atoms with Gasteiger partial charge >= 0.3 is 5.97 Å². The van der Waals surface area contributed by atoms with Crippen LogP contribution in [0.4, 0.5) is 0 Å². The van der Waals surface area contributed by atoms with Crippen LogP contribution in [0.25, 0.3) is 0 Å². The van der Waals surface area contributed by atoms with Gasteiger partial charge in [-0.3, -0.25) is 4.79 Å². The molecule has 3 nitrogen and oxygen atoms in total. The fourth-order valence-electron chi connectivity index (χ4n) is 8.58. The Balaban J connectivity index is 0.00000140. The average Bonchev–Trinajstić information content (AvgIpc) is 3.27. The molecule has 4 rings (SSSR count). The van der Waals surface area contributed by atoms with Gasteiger partial charge in [-0.2, -0.15) is 0 Å². The van der Waals surface area contributed by atoms with Crippen LogP contribution in [0.2, 0.25) is 0 Å². The van der Waals surface area contributed by atoms with Gasteiger partial charge in [-0.15, -0.1) is 0 Å². The van der Waals surface area contributed by atoms with Gasteiger partial charge in [0.15, 0.2) is 0 Å². The summed E-state index contributed by atoms with van der Waals surface area (Å²) in [6.45, 7) is 21.2. The molecule has 0 aromatic heterocycles. The van der Waals surface area contributed by atoms with E-state index >= 15 is 0 Å². The first kappa shape index (κ1) is 35.4. The van der Waals surface area contributed by atoms with Crippen LogP contribution in [0, 0.1) is 40.4 Å². The van der Waals surface area contributed by atoms with Gasteiger partial charge in [0.2, 0.25) is 0 Å². The number of fused-ring (bicyclic) bond motifs is 5. The summed E-state index contributed by atoms with van der Waals surface area (Å²) in [4.78, 5) is 11.4. The molecule has 0 aliphatic heterocycles. The molecule has 0 radical (unpaired) electrons. The Morgan fingerprint density at radius 3 is 1.97 bits per heavy atom. The van der Waals surface area contributed by atoms with E-state index in [1.54, 1.807) is 0 Å². The molecule has 3 heteroatoms. The van der Waals surface area contributed by atoms with Crippen molar-refractivity contribution in [2.45, 2.75) is 159 Å². The minimum absolute atomic E-state index is 0.0377. The molecule has 216 valence electrons. The van der Waals surface area contributed by atoms with E-state index in [9.17, 15) is 9.90 Å². The maximum Gasteiger partial charge on any atom is 0.305 e. The minimum atomic E-state index is -0.0568. The molecule has 1 N–H and O–H groups in total. The molecule has 0 bridgehead atoms. The van der Waals surface area contributed by atoms with Gasteiger partial charge < -0.3 is 9.84 Å². The van der Waals surface area contributed by atoms with Crippen molar-refractivity contribution >= 4 is 5.97 Å². The van der Waals surface area contributed by atoms with E-state index in [1.807, 2.05) is 55.4 Å². The van der Waals surface area contributed by atoms with Gasteiger partial charge in [-0.05, 0) is 111 Å². The standard InChI is InChI=1S/C25H42O3.4C2H6/c1-24-15-13-22-20(10-8-18-16-19(26)12-14-25(18,22)2)21(24)11-9-17(24)6-4-5-7-23(27)28-3;4*1-2/h17-22,26H,4-16H2,1-3H3;4*1-2H3. The lowest BCUT2D eigenvalue weighted by molar-refractivity contribution is -0.140. The lowest BCUT2D eigenvalue weighted by atomic mass is 9.44. The Kier molecular flexibility index (Phi) is 17.6. The maximum absolute atomic E-state index is 11.4. The molecule has 4 aliphatic rings. The van der Waals surface area contributed by atoms with Crippen molar-refractivity contribution in [1.29, 1.82) is 0 Å². The highest BCUT2D eigenvalue weighted by Crippen LogP contribution is 2.67. The number of hydrogen-bond acceptors (Lipinski definition) is 3. The fraction of sp³-hybridized carbons (Fsp3) is 0.970. The van der Waals surface area contributed by atoms with E-state index in [0.29, 0.717) is 17.3 Å². The van der Waals surface area contributed by atoms with E-state index in [1.165, 1.54) is 64.9 Å². The molecule has 4 saturated carbocycles. The third-order valence-corrected chi connectivity index (χ3v) is 10.2. The fourth-order valence-corrected chi connectivity index (χ4v) is 8.58. The highest BCUT2D eigenvalue weighted by molar-refractivity contribution is 5.68. The molecule has 8 unspecified atom stereocenters. The van der Waals surface area contributed by atoms with Crippen molar-refractivity contribution in [3.8, 4) is 0 Å². The largest absolute Gasteiger partial charge is 0.469 e. The number of aliphatic hydroxyl groups excluding tert-OH is 1. The summed E-state index contributed by atoms with van der Waals surface area (Å²) >= 11 is 0. The van der Waals surface area contributed by atoms with Crippen LogP contribution < -0.4 is 0 Å². The van der Waals surface area contributed by atoms with Crippen LogP contribution in [0.1, 0.15) is 153 Å². The second-order valence-corrected chi connectivity index (χ2v) is 11.2. The molecule has 36 heavy (non-hydrogen) atoms. The molecule has 0 aromatic rings. The van der Waals surface area contributed by atoms with Gasteiger partial charge in [0.25, 0.3) is 0 Å². The lowest BCUT2D eigenvalue weighted by Crippen LogP contribution is -2.53. The van der Waals surface area contributed by atoms with Gasteiger partial charge in [0.1, 0.15) is 0 Å². The highest BCUT2D eigenvalue weighted by Gasteiger charge is 2.59. The normalized spacial score (nSPS) is 37.8. The summed E-state index contributed by atoms with van der Waals surface area (Å²) in [5.41, 5.74) is 1.02. The van der Waals surface area contributed by atoms with Crippen molar-refractivity contribution in [3.63, 3.8) is 0 Å². The molecule has 0 amide bonds. The topological polar surface area (TPSA) is 46.5 Å². The number of methoxy groups -OCH3 is 1. The number of hydrogen-bond donors (Lipinski definition) is 1. The van der Waals surface area contributed by atoms with Crippen LogP contribution in [0.3, 0.4) is 0 Å². The van der Waals surface area contributed by atoms with Crippen LogP contribution in [0.15, 0.2) is 0 Å². The van der Waals surface area contributed by atoms with E-state index in [0.717, 1.165) is 48.9 Å². The Labute approximate surface area is 226 Å². The summed E-state index contributed by atoms with van der Waals surface area (Å²) in [5.74, 6) is 4.30. The van der Waals surface area contributed by atoms with Crippen molar-refractivity contribution in [2.24, 2.45) is 40.4 Å². The second-order valence-electron chi connectivity index (χ2n) is 11.2. The SMILES string of the molecule is CC.CC.CC.CC.COC(=O)CCCCC1CCC2C3CCC4CC(O)CCC4(C)C3CCC12C. The van der Waals surface area contributed by atoms with E-state index in [2.05, 4.69) is 13.8 Å². The summed E-state index contributed by atoms with van der Waals surface area (Å²) in [6, 6.07) is 0. The second kappa shape index (κ2) is 17.8. The van der Waals surface area contributed by atoms with Crippen molar-refractivity contribution in [3.05, 3.63) is 0 Å². The molecular weight excluding hydrogens is 444 g/mol. The zero-order valence-electron chi connectivity index (χ0n) is 26.4. The first-order chi connectivity index (χ1) is 17.4. The van der Waals surface area contributed by atoms with E-state index in [-0.39, 0.29) is 12.1 Å². The summed E-state index contributed by atoms with van der Waals surface area (Å²) in [6.07, 6.45) is 15.8.